The summed E-state index contributed by atoms with van der Waals surface area (Å²) in [5, 5.41) is 0. The quantitative estimate of drug-likeness (QED) is 0.762. The van der Waals surface area contributed by atoms with Crippen molar-refractivity contribution in [2.75, 3.05) is 13.6 Å². The number of hydrogen-bond acceptors (Lipinski definition) is 3. The monoisotopic (exact) mass is 235 g/mol. The Labute approximate surface area is 103 Å². The zero-order valence-electron chi connectivity index (χ0n) is 10.5. The zero-order valence-corrected chi connectivity index (χ0v) is 10.5. The van der Waals surface area contributed by atoms with E-state index in [1.807, 2.05) is 32.2 Å². The summed E-state index contributed by atoms with van der Waals surface area (Å²) in [6.45, 7) is 3.82. The molecule has 0 fully saturated rings. The van der Waals surface area contributed by atoms with E-state index in [1.165, 1.54) is 5.56 Å². The van der Waals surface area contributed by atoms with Crippen LogP contribution in [0.2, 0.25) is 0 Å². The Hall–Kier alpha value is -1.39. The van der Waals surface area contributed by atoms with E-state index in [1.54, 1.807) is 0 Å². The van der Waals surface area contributed by atoms with Crippen LogP contribution < -0.4 is 11.5 Å². The minimum absolute atomic E-state index is 0.134. The van der Waals surface area contributed by atoms with Crippen LogP contribution in [-0.2, 0) is 17.9 Å². The van der Waals surface area contributed by atoms with Gasteiger partial charge in [-0.1, -0.05) is 31.2 Å². The molecule has 1 rings (SSSR count). The lowest BCUT2D eigenvalue weighted by Crippen LogP contribution is -2.32. The molecule has 4 heteroatoms. The highest BCUT2D eigenvalue weighted by Crippen LogP contribution is 2.11. The van der Waals surface area contributed by atoms with E-state index in [4.69, 9.17) is 11.5 Å². The second-order valence-electron chi connectivity index (χ2n) is 4.47. The van der Waals surface area contributed by atoms with Gasteiger partial charge >= 0.3 is 0 Å². The van der Waals surface area contributed by atoms with Crippen LogP contribution in [0.1, 0.15) is 18.1 Å². The third-order valence-corrected chi connectivity index (χ3v) is 2.85. The summed E-state index contributed by atoms with van der Waals surface area (Å²) in [5.41, 5.74) is 13.3. The lowest BCUT2D eigenvalue weighted by molar-refractivity contribution is -0.121. The molecule has 0 saturated heterocycles. The normalized spacial score (nSPS) is 12.7. The number of carbonyl (C=O) groups excluding carboxylic acids is 1. The first-order valence-electron chi connectivity index (χ1n) is 5.79. The number of nitrogens with two attached hydrogens (primary N) is 2. The van der Waals surface area contributed by atoms with Crippen LogP contribution >= 0.6 is 0 Å². The largest absolute Gasteiger partial charge is 0.369 e. The molecule has 0 aliphatic rings. The third kappa shape index (κ3) is 4.17. The Kier molecular flexibility index (Phi) is 5.12. The summed E-state index contributed by atoms with van der Waals surface area (Å²) in [5.74, 6) is -0.394. The molecule has 0 spiro atoms. The molecule has 1 aromatic rings. The number of carbonyl (C=O) groups is 1. The van der Waals surface area contributed by atoms with E-state index in [-0.39, 0.29) is 11.8 Å². The Bertz CT molecular complexity index is 379. The lowest BCUT2D eigenvalue weighted by Gasteiger charge is -2.20. The fraction of sp³-hybridized carbons (Fsp3) is 0.462. The molecule has 4 nitrogen and oxygen atoms in total. The van der Waals surface area contributed by atoms with Crippen molar-refractivity contribution in [2.45, 2.75) is 20.0 Å². The predicted octanol–water partition coefficient (Wildman–Crippen LogP) is 0.699. The molecule has 0 bridgehead atoms. The molecule has 1 aromatic carbocycles. The molecule has 0 heterocycles. The van der Waals surface area contributed by atoms with E-state index in [0.717, 1.165) is 12.1 Å². The molecule has 1 atom stereocenters. The summed E-state index contributed by atoms with van der Waals surface area (Å²) in [6.07, 6.45) is 0. The number of nitrogens with zero attached hydrogens (tertiary/aromatic N) is 1. The van der Waals surface area contributed by atoms with Gasteiger partial charge < -0.3 is 16.4 Å². The van der Waals surface area contributed by atoms with Crippen molar-refractivity contribution in [1.29, 1.82) is 0 Å². The zero-order chi connectivity index (χ0) is 12.8. The van der Waals surface area contributed by atoms with Crippen LogP contribution in [0.4, 0.5) is 0 Å². The minimum atomic E-state index is -0.260. The van der Waals surface area contributed by atoms with Crippen LogP contribution in [-0.4, -0.2) is 24.4 Å². The molecule has 0 aliphatic heterocycles. The maximum atomic E-state index is 11.0. The molecular formula is C13H21N3O. The molecular weight excluding hydrogens is 214 g/mol. The molecule has 4 N–H and O–H groups in total. The van der Waals surface area contributed by atoms with Crippen molar-refractivity contribution in [1.82, 2.24) is 4.90 Å². The fourth-order valence-corrected chi connectivity index (χ4v) is 1.82. The van der Waals surface area contributed by atoms with Crippen LogP contribution in [0.3, 0.4) is 0 Å². The topological polar surface area (TPSA) is 72.3 Å². The van der Waals surface area contributed by atoms with Gasteiger partial charge in [0.1, 0.15) is 0 Å². The van der Waals surface area contributed by atoms with Gasteiger partial charge in [-0.15, -0.1) is 0 Å². The first-order chi connectivity index (χ1) is 8.04. The summed E-state index contributed by atoms with van der Waals surface area (Å²) in [6, 6.07) is 8.08. The third-order valence-electron chi connectivity index (χ3n) is 2.85. The molecule has 0 saturated carbocycles. The number of rotatable bonds is 6. The SMILES string of the molecule is CC(CN(C)Cc1ccccc1CN)C(N)=O. The highest BCUT2D eigenvalue weighted by atomic mass is 16.1. The van der Waals surface area contributed by atoms with Crippen LogP contribution in [0.5, 0.6) is 0 Å². The van der Waals surface area contributed by atoms with Gasteiger partial charge in [0, 0.05) is 25.6 Å². The van der Waals surface area contributed by atoms with Crippen molar-refractivity contribution in [3.63, 3.8) is 0 Å². The second kappa shape index (κ2) is 6.37. The second-order valence-corrected chi connectivity index (χ2v) is 4.47. The first-order valence-corrected chi connectivity index (χ1v) is 5.79. The minimum Gasteiger partial charge on any atom is -0.369 e. The van der Waals surface area contributed by atoms with Gasteiger partial charge in [-0.25, -0.2) is 0 Å². The van der Waals surface area contributed by atoms with Gasteiger partial charge in [-0.05, 0) is 18.2 Å². The highest BCUT2D eigenvalue weighted by Gasteiger charge is 2.12. The Balaban J connectivity index is 2.61. The van der Waals surface area contributed by atoms with E-state index in [2.05, 4.69) is 11.0 Å². The number of benzene rings is 1. The standard InChI is InChI=1S/C13H21N3O/c1-10(13(15)17)8-16(2)9-12-6-4-3-5-11(12)7-14/h3-6,10H,7-9,14H2,1-2H3,(H2,15,17). The summed E-state index contributed by atoms with van der Waals surface area (Å²) >= 11 is 0. The fourth-order valence-electron chi connectivity index (χ4n) is 1.82. The van der Waals surface area contributed by atoms with Gasteiger partial charge in [-0.3, -0.25) is 4.79 Å². The summed E-state index contributed by atoms with van der Waals surface area (Å²) in [4.78, 5) is 13.1. The Morgan fingerprint density at radius 2 is 1.94 bits per heavy atom. The van der Waals surface area contributed by atoms with E-state index >= 15 is 0 Å². The van der Waals surface area contributed by atoms with Gasteiger partial charge in [0.15, 0.2) is 0 Å². The molecule has 0 radical (unpaired) electrons. The molecule has 94 valence electrons. The van der Waals surface area contributed by atoms with Crippen molar-refractivity contribution in [2.24, 2.45) is 17.4 Å². The summed E-state index contributed by atoms with van der Waals surface area (Å²) in [7, 11) is 1.98. The van der Waals surface area contributed by atoms with E-state index in [9.17, 15) is 4.79 Å². The predicted molar refractivity (Wildman–Crippen MR) is 69.0 cm³/mol. The first kappa shape index (κ1) is 13.7. The van der Waals surface area contributed by atoms with Crippen molar-refractivity contribution in [3.05, 3.63) is 35.4 Å². The smallest absolute Gasteiger partial charge is 0.221 e. The van der Waals surface area contributed by atoms with Gasteiger partial charge in [0.05, 0.1) is 0 Å². The van der Waals surface area contributed by atoms with Gasteiger partial charge in [0.2, 0.25) is 5.91 Å². The van der Waals surface area contributed by atoms with Gasteiger partial charge in [-0.2, -0.15) is 0 Å². The molecule has 1 unspecified atom stereocenters. The number of amides is 1. The average molecular weight is 235 g/mol. The molecule has 17 heavy (non-hydrogen) atoms. The molecule has 0 aromatic heterocycles. The number of hydrogen-bond donors (Lipinski definition) is 2. The van der Waals surface area contributed by atoms with E-state index < -0.39 is 0 Å². The van der Waals surface area contributed by atoms with Gasteiger partial charge in [0.25, 0.3) is 0 Å². The van der Waals surface area contributed by atoms with Crippen molar-refractivity contribution < 1.29 is 4.79 Å². The van der Waals surface area contributed by atoms with Crippen molar-refractivity contribution >= 4 is 5.91 Å². The van der Waals surface area contributed by atoms with Crippen LogP contribution in [0.25, 0.3) is 0 Å². The van der Waals surface area contributed by atoms with Crippen LogP contribution in [0.15, 0.2) is 24.3 Å². The summed E-state index contributed by atoms with van der Waals surface area (Å²) < 4.78 is 0. The Morgan fingerprint density at radius 1 is 1.35 bits per heavy atom. The van der Waals surface area contributed by atoms with Crippen molar-refractivity contribution in [3.8, 4) is 0 Å². The molecule has 1 amide bonds. The van der Waals surface area contributed by atoms with Crippen LogP contribution in [0, 0.1) is 5.92 Å². The maximum Gasteiger partial charge on any atom is 0.221 e. The number of primary amides is 1. The molecule has 0 aliphatic carbocycles. The lowest BCUT2D eigenvalue weighted by atomic mass is 10.1. The highest BCUT2D eigenvalue weighted by molar-refractivity contribution is 5.76. The van der Waals surface area contributed by atoms with E-state index in [0.29, 0.717) is 13.1 Å². The maximum absolute atomic E-state index is 11.0. The Morgan fingerprint density at radius 3 is 2.47 bits per heavy atom. The average Bonchev–Trinajstić information content (AvgIpc) is 2.29.